The highest BCUT2D eigenvalue weighted by Gasteiger charge is 2.22. The molecule has 0 fully saturated rings. The van der Waals surface area contributed by atoms with Gasteiger partial charge in [-0.2, -0.15) is 0 Å². The predicted molar refractivity (Wildman–Crippen MR) is 141 cm³/mol. The Morgan fingerprint density at radius 1 is 0.944 bits per heavy atom. The number of hydrogen-bond donors (Lipinski definition) is 5. The lowest BCUT2D eigenvalue weighted by molar-refractivity contribution is 0.0960. The number of anilines is 3. The van der Waals surface area contributed by atoms with E-state index >= 15 is 0 Å². The first-order valence-electron chi connectivity index (χ1n) is 11.5. The molecule has 0 saturated carbocycles. The summed E-state index contributed by atoms with van der Waals surface area (Å²) in [5.41, 5.74) is 0.423. The first-order valence-corrected chi connectivity index (χ1v) is 11.5. The highest BCUT2D eigenvalue weighted by molar-refractivity contribution is 5.99. The van der Waals surface area contributed by atoms with Gasteiger partial charge in [0.05, 0.1) is 23.0 Å². The molecule has 0 bridgehead atoms. The van der Waals surface area contributed by atoms with Crippen molar-refractivity contribution in [1.29, 1.82) is 0 Å². The highest BCUT2D eigenvalue weighted by atomic mass is 16.3. The molecule has 3 aromatic carbocycles. The quantitative estimate of drug-likeness (QED) is 0.241. The second-order valence-corrected chi connectivity index (χ2v) is 8.09. The Bertz CT molecular complexity index is 1480. The normalized spacial score (nSPS) is 11.5. The van der Waals surface area contributed by atoms with E-state index in [9.17, 15) is 19.5 Å². The predicted octanol–water partition coefficient (Wildman–Crippen LogP) is 3.90. The zero-order valence-corrected chi connectivity index (χ0v) is 19.9. The summed E-state index contributed by atoms with van der Waals surface area (Å²) in [5.74, 6) is -0.832. The topological polar surface area (TPSA) is 128 Å². The number of hydrogen-bond acceptors (Lipinski definition) is 6. The number of rotatable bonds is 8. The molecule has 1 amide bonds. The largest absolute Gasteiger partial charge is 0.505 e. The smallest absolute Gasteiger partial charge is 0.295 e. The van der Waals surface area contributed by atoms with Crippen molar-refractivity contribution in [1.82, 2.24) is 15.1 Å². The standard InChI is InChI=1S/C27H27N5O4/c1-3-20(17-11-6-4-7-12-17)29-22-23(30-21-16-10-15-19(24(21)33)25(34)28-2)27(36)32(31-26(22)35)18-13-8-5-9-14-18/h4-16,20,29-30,33H,3H2,1-2H3,(H,28,34)(H,31,35)/t20-/m1/s1. The zero-order valence-electron chi connectivity index (χ0n) is 19.9. The van der Waals surface area contributed by atoms with E-state index in [1.807, 2.05) is 37.3 Å². The lowest BCUT2D eigenvalue weighted by Gasteiger charge is -2.21. The van der Waals surface area contributed by atoms with Crippen molar-refractivity contribution < 1.29 is 9.90 Å². The van der Waals surface area contributed by atoms with Crippen LogP contribution in [0.3, 0.4) is 0 Å². The molecule has 4 aromatic rings. The zero-order chi connectivity index (χ0) is 25.7. The number of aromatic amines is 1. The number of phenolic OH excluding ortho intramolecular Hbond substituents is 1. The summed E-state index contributed by atoms with van der Waals surface area (Å²) in [6.45, 7) is 1.97. The van der Waals surface area contributed by atoms with Gasteiger partial charge in [0.1, 0.15) is 11.4 Å². The Kier molecular flexibility index (Phi) is 7.20. The van der Waals surface area contributed by atoms with E-state index < -0.39 is 17.0 Å². The van der Waals surface area contributed by atoms with E-state index in [2.05, 4.69) is 21.0 Å². The van der Waals surface area contributed by atoms with Gasteiger partial charge in [-0.1, -0.05) is 61.5 Å². The van der Waals surface area contributed by atoms with Crippen molar-refractivity contribution >= 4 is 23.0 Å². The van der Waals surface area contributed by atoms with Gasteiger partial charge in [0.2, 0.25) is 0 Å². The molecule has 5 N–H and O–H groups in total. The van der Waals surface area contributed by atoms with Crippen LogP contribution < -0.4 is 27.1 Å². The summed E-state index contributed by atoms with van der Waals surface area (Å²) in [7, 11) is 1.45. The Morgan fingerprint density at radius 2 is 1.61 bits per heavy atom. The van der Waals surface area contributed by atoms with Crippen LogP contribution in [0, 0.1) is 0 Å². The molecule has 0 aliphatic rings. The van der Waals surface area contributed by atoms with Crippen molar-refractivity contribution in [2.75, 3.05) is 17.7 Å². The van der Waals surface area contributed by atoms with Crippen LogP contribution in [-0.2, 0) is 0 Å². The molecule has 9 nitrogen and oxygen atoms in total. The second-order valence-electron chi connectivity index (χ2n) is 8.09. The maximum atomic E-state index is 13.7. The number of H-pyrrole nitrogens is 1. The van der Waals surface area contributed by atoms with Crippen LogP contribution >= 0.6 is 0 Å². The molecule has 1 heterocycles. The molecule has 4 rings (SSSR count). The van der Waals surface area contributed by atoms with Crippen LogP contribution in [0.4, 0.5) is 17.1 Å². The fraction of sp³-hybridized carbons (Fsp3) is 0.148. The number of benzene rings is 3. The van der Waals surface area contributed by atoms with E-state index in [0.717, 1.165) is 10.2 Å². The minimum absolute atomic E-state index is 0.0210. The van der Waals surface area contributed by atoms with E-state index in [0.29, 0.717) is 12.1 Å². The van der Waals surface area contributed by atoms with Crippen LogP contribution in [0.2, 0.25) is 0 Å². The minimum atomic E-state index is -0.545. The summed E-state index contributed by atoms with van der Waals surface area (Å²) in [6.07, 6.45) is 0.641. The molecule has 36 heavy (non-hydrogen) atoms. The molecule has 1 aromatic heterocycles. The molecule has 184 valence electrons. The van der Waals surface area contributed by atoms with Crippen molar-refractivity contribution in [3.63, 3.8) is 0 Å². The van der Waals surface area contributed by atoms with E-state index in [4.69, 9.17) is 0 Å². The molecule has 0 aliphatic carbocycles. The number of aromatic nitrogens is 2. The van der Waals surface area contributed by atoms with Crippen LogP contribution in [-0.4, -0.2) is 27.8 Å². The average molecular weight is 486 g/mol. The fourth-order valence-corrected chi connectivity index (χ4v) is 3.93. The second kappa shape index (κ2) is 10.6. The Morgan fingerprint density at radius 3 is 2.25 bits per heavy atom. The maximum absolute atomic E-state index is 13.7. The van der Waals surface area contributed by atoms with E-state index in [1.165, 1.54) is 19.2 Å². The van der Waals surface area contributed by atoms with Crippen molar-refractivity contribution in [3.05, 3.63) is 111 Å². The maximum Gasteiger partial charge on any atom is 0.295 e. The van der Waals surface area contributed by atoms with Crippen molar-refractivity contribution in [2.45, 2.75) is 19.4 Å². The molecule has 0 unspecified atom stereocenters. The van der Waals surface area contributed by atoms with Crippen LogP contribution in [0.1, 0.15) is 35.3 Å². The number of para-hydroxylation sites is 2. The Balaban J connectivity index is 1.88. The van der Waals surface area contributed by atoms with Crippen molar-refractivity contribution in [3.8, 4) is 11.4 Å². The van der Waals surface area contributed by atoms with Gasteiger partial charge in [0.15, 0.2) is 5.75 Å². The van der Waals surface area contributed by atoms with Crippen molar-refractivity contribution in [2.24, 2.45) is 0 Å². The first kappa shape index (κ1) is 24.3. The summed E-state index contributed by atoms with van der Waals surface area (Å²) in [5, 5.41) is 22.0. The van der Waals surface area contributed by atoms with Gasteiger partial charge in [0, 0.05) is 7.05 Å². The molecular weight excluding hydrogens is 458 g/mol. The number of nitrogens with zero attached hydrogens (tertiary/aromatic N) is 1. The fourth-order valence-electron chi connectivity index (χ4n) is 3.93. The molecule has 9 heteroatoms. The third-order valence-electron chi connectivity index (χ3n) is 5.82. The van der Waals surface area contributed by atoms with E-state index in [1.54, 1.807) is 36.4 Å². The summed E-state index contributed by atoms with van der Waals surface area (Å²) >= 11 is 0. The van der Waals surface area contributed by atoms with Gasteiger partial charge < -0.3 is 21.1 Å². The molecule has 0 aliphatic heterocycles. The SMILES string of the molecule is CC[C@@H](Nc1c(Nc2cccc(C(=O)NC)c2O)c(=O)n(-c2ccccc2)[nH]c1=O)c1ccccc1. The molecular formula is C27H27N5O4. The number of aromatic hydroxyl groups is 1. The van der Waals surface area contributed by atoms with Crippen LogP contribution in [0.15, 0.2) is 88.5 Å². The summed E-state index contributed by atoms with van der Waals surface area (Å²) in [4.78, 5) is 39.2. The Hall–Kier alpha value is -4.79. The molecule has 0 saturated heterocycles. The third-order valence-corrected chi connectivity index (χ3v) is 5.82. The number of carbonyl (C=O) groups excluding carboxylic acids is 1. The molecule has 0 spiro atoms. The summed E-state index contributed by atoms with van der Waals surface area (Å²) in [6, 6.07) is 22.6. The number of amides is 1. The average Bonchev–Trinajstić information content (AvgIpc) is 2.91. The molecule has 1 atom stereocenters. The number of nitrogens with one attached hydrogen (secondary N) is 4. The lowest BCUT2D eigenvalue weighted by atomic mass is 10.0. The minimum Gasteiger partial charge on any atom is -0.505 e. The molecule has 0 radical (unpaired) electrons. The summed E-state index contributed by atoms with van der Waals surface area (Å²) < 4.78 is 1.14. The van der Waals surface area contributed by atoms with Gasteiger partial charge in [-0.05, 0) is 36.2 Å². The first-order chi connectivity index (χ1) is 17.4. The highest BCUT2D eigenvalue weighted by Crippen LogP contribution is 2.32. The van der Waals surface area contributed by atoms with Gasteiger partial charge in [-0.3, -0.25) is 19.5 Å². The van der Waals surface area contributed by atoms with Gasteiger partial charge in [-0.15, -0.1) is 0 Å². The Labute approximate surface area is 207 Å². The lowest BCUT2D eigenvalue weighted by Crippen LogP contribution is -2.33. The third kappa shape index (κ3) is 4.85. The number of phenols is 1. The number of carbonyl (C=O) groups is 1. The van der Waals surface area contributed by atoms with Gasteiger partial charge in [0.25, 0.3) is 17.0 Å². The monoisotopic (exact) mass is 485 g/mol. The van der Waals surface area contributed by atoms with Crippen LogP contribution in [0.25, 0.3) is 5.69 Å². The van der Waals surface area contributed by atoms with Gasteiger partial charge in [-0.25, -0.2) is 4.68 Å². The van der Waals surface area contributed by atoms with Gasteiger partial charge >= 0.3 is 0 Å². The van der Waals surface area contributed by atoms with Crippen LogP contribution in [0.5, 0.6) is 5.75 Å². The van der Waals surface area contributed by atoms with E-state index in [-0.39, 0.29) is 34.4 Å².